The third-order valence-corrected chi connectivity index (χ3v) is 8.72. The number of hydrogen-bond acceptors (Lipinski definition) is 4. The Morgan fingerprint density at radius 2 is 1.57 bits per heavy atom. The number of aliphatic hydroxyl groups is 1. The number of amides is 1. The first kappa shape index (κ1) is 23.6. The summed E-state index contributed by atoms with van der Waals surface area (Å²) in [6.07, 6.45) is 2.56. The molecule has 1 aliphatic heterocycles. The number of anilines is 1. The van der Waals surface area contributed by atoms with Crippen LogP contribution in [0.15, 0.2) is 77.7 Å². The van der Waals surface area contributed by atoms with Crippen molar-refractivity contribution in [2.75, 3.05) is 17.8 Å². The fourth-order valence-corrected chi connectivity index (χ4v) is 6.34. The average molecular weight is 491 g/mol. The first-order valence-electron chi connectivity index (χ1n) is 12.1. The van der Waals surface area contributed by atoms with Crippen LogP contribution in [-0.2, 0) is 22.9 Å². The van der Waals surface area contributed by atoms with Crippen LogP contribution in [0.3, 0.4) is 0 Å². The first-order chi connectivity index (χ1) is 16.8. The predicted molar refractivity (Wildman–Crippen MR) is 136 cm³/mol. The number of likely N-dealkylation sites (tertiary alicyclic amines) is 1. The third-order valence-electron chi connectivity index (χ3n) is 7.32. The van der Waals surface area contributed by atoms with Crippen LogP contribution < -0.4 is 4.72 Å². The molecule has 0 bridgehead atoms. The van der Waals surface area contributed by atoms with Gasteiger partial charge in [0.05, 0.1) is 11.0 Å². The van der Waals surface area contributed by atoms with E-state index < -0.39 is 16.1 Å². The van der Waals surface area contributed by atoms with Crippen LogP contribution in [0, 0.1) is 11.8 Å². The highest BCUT2D eigenvalue weighted by Gasteiger charge is 2.35. The van der Waals surface area contributed by atoms with E-state index in [0.717, 1.165) is 32.4 Å². The monoisotopic (exact) mass is 490 g/mol. The van der Waals surface area contributed by atoms with Gasteiger partial charge >= 0.3 is 0 Å². The Bertz CT molecular complexity index is 1290. The van der Waals surface area contributed by atoms with E-state index >= 15 is 0 Å². The maximum absolute atomic E-state index is 13.1. The summed E-state index contributed by atoms with van der Waals surface area (Å²) in [5.41, 5.74) is 4.49. The van der Waals surface area contributed by atoms with E-state index in [-0.39, 0.29) is 10.8 Å². The maximum Gasteiger partial charge on any atom is 0.261 e. The van der Waals surface area contributed by atoms with Gasteiger partial charge < -0.3 is 10.0 Å². The number of carbonyl (C=O) groups excluding carboxylic acids is 1. The highest BCUT2D eigenvalue weighted by Crippen LogP contribution is 2.36. The zero-order chi connectivity index (χ0) is 24.6. The lowest BCUT2D eigenvalue weighted by molar-refractivity contribution is 0.0783. The van der Waals surface area contributed by atoms with Gasteiger partial charge in [-0.25, -0.2) is 8.42 Å². The van der Waals surface area contributed by atoms with Crippen LogP contribution in [0.5, 0.6) is 0 Å². The number of fused-ring (bicyclic) bond motifs is 1. The van der Waals surface area contributed by atoms with Gasteiger partial charge in [-0.05, 0) is 91.1 Å². The lowest BCUT2D eigenvalue weighted by Crippen LogP contribution is -2.30. The second-order valence-electron chi connectivity index (χ2n) is 9.66. The van der Waals surface area contributed by atoms with Crippen molar-refractivity contribution >= 4 is 21.6 Å². The molecule has 0 saturated carbocycles. The summed E-state index contributed by atoms with van der Waals surface area (Å²) < 4.78 is 28.0. The van der Waals surface area contributed by atoms with E-state index in [4.69, 9.17) is 0 Å². The number of nitrogens with zero attached hydrogens (tertiary/aromatic N) is 1. The van der Waals surface area contributed by atoms with Crippen molar-refractivity contribution in [2.24, 2.45) is 11.8 Å². The summed E-state index contributed by atoms with van der Waals surface area (Å²) in [4.78, 5) is 15.1. The molecule has 1 amide bonds. The Balaban J connectivity index is 1.20. The Hall–Kier alpha value is -3.16. The van der Waals surface area contributed by atoms with Crippen LogP contribution in [0.25, 0.3) is 0 Å². The molecule has 1 aliphatic carbocycles. The molecule has 0 radical (unpaired) electrons. The second-order valence-corrected chi connectivity index (χ2v) is 11.3. The van der Waals surface area contributed by atoms with Crippen molar-refractivity contribution < 1.29 is 18.3 Å². The van der Waals surface area contributed by atoms with Crippen LogP contribution in [0.1, 0.15) is 46.5 Å². The van der Waals surface area contributed by atoms with Gasteiger partial charge in [-0.3, -0.25) is 9.52 Å². The normalized spacial score (nSPS) is 18.9. The van der Waals surface area contributed by atoms with E-state index in [1.54, 1.807) is 43.3 Å². The van der Waals surface area contributed by atoms with Crippen molar-refractivity contribution in [3.05, 3.63) is 95.1 Å². The van der Waals surface area contributed by atoms with Crippen LogP contribution in [0.4, 0.5) is 5.69 Å². The van der Waals surface area contributed by atoms with Gasteiger partial charge in [-0.2, -0.15) is 0 Å². The second kappa shape index (κ2) is 9.47. The van der Waals surface area contributed by atoms with Crippen molar-refractivity contribution in [1.29, 1.82) is 0 Å². The molecule has 2 N–H and O–H groups in total. The highest BCUT2D eigenvalue weighted by molar-refractivity contribution is 7.92. The predicted octanol–water partition coefficient (Wildman–Crippen LogP) is 4.42. The largest absolute Gasteiger partial charge is 0.389 e. The van der Waals surface area contributed by atoms with Gasteiger partial charge in [0.15, 0.2) is 0 Å². The third kappa shape index (κ3) is 4.97. The minimum Gasteiger partial charge on any atom is -0.389 e. The van der Waals surface area contributed by atoms with Crippen LogP contribution in [-0.4, -0.2) is 37.4 Å². The number of rotatable bonds is 6. The molecule has 2 aliphatic rings. The molecule has 6 nitrogen and oxygen atoms in total. The van der Waals surface area contributed by atoms with Crippen molar-refractivity contribution in [3.8, 4) is 0 Å². The smallest absolute Gasteiger partial charge is 0.261 e. The number of benzene rings is 3. The van der Waals surface area contributed by atoms with E-state index in [1.165, 1.54) is 23.3 Å². The lowest BCUT2D eigenvalue weighted by atomic mass is 9.89. The van der Waals surface area contributed by atoms with Crippen LogP contribution >= 0.6 is 0 Å². The van der Waals surface area contributed by atoms with Gasteiger partial charge in [-0.15, -0.1) is 0 Å². The Morgan fingerprint density at radius 1 is 0.943 bits per heavy atom. The molecule has 7 heteroatoms. The van der Waals surface area contributed by atoms with Crippen LogP contribution in [0.2, 0.25) is 0 Å². The molecule has 2 atom stereocenters. The molecule has 2 unspecified atom stereocenters. The van der Waals surface area contributed by atoms with E-state index in [0.29, 0.717) is 28.7 Å². The molecule has 3 aromatic rings. The molecule has 3 aromatic carbocycles. The van der Waals surface area contributed by atoms with E-state index in [9.17, 15) is 18.3 Å². The van der Waals surface area contributed by atoms with Gasteiger partial charge in [0.25, 0.3) is 15.9 Å². The SMILES string of the molecule is CC(O)c1ccc(S(=O)(=O)Nc2ccc(C(=O)N3CCC(C4Cc5ccccc5C4)C3)cc2)cc1. The Kier molecular flexibility index (Phi) is 6.38. The summed E-state index contributed by atoms with van der Waals surface area (Å²) >= 11 is 0. The first-order valence-corrected chi connectivity index (χ1v) is 13.6. The average Bonchev–Trinajstić information content (AvgIpc) is 3.51. The molecule has 1 heterocycles. The van der Waals surface area contributed by atoms with Gasteiger partial charge in [0.2, 0.25) is 0 Å². The fourth-order valence-electron chi connectivity index (χ4n) is 5.29. The Labute approximate surface area is 206 Å². The minimum atomic E-state index is -3.77. The quantitative estimate of drug-likeness (QED) is 0.536. The summed E-state index contributed by atoms with van der Waals surface area (Å²) in [5, 5.41) is 9.61. The number of nitrogens with one attached hydrogen (secondary N) is 1. The van der Waals surface area contributed by atoms with Gasteiger partial charge in [0, 0.05) is 24.3 Å². The van der Waals surface area contributed by atoms with Gasteiger partial charge in [-0.1, -0.05) is 36.4 Å². The lowest BCUT2D eigenvalue weighted by Gasteiger charge is -2.20. The van der Waals surface area contributed by atoms with Crippen molar-refractivity contribution in [3.63, 3.8) is 0 Å². The molecule has 1 fully saturated rings. The maximum atomic E-state index is 13.1. The molecule has 182 valence electrons. The standard InChI is InChI=1S/C28H30N2O4S/c1-19(31)20-8-12-27(13-9-20)35(33,34)29-26-10-6-21(7-11-26)28(32)30-15-14-24(18-30)25-16-22-4-2-3-5-23(22)17-25/h2-13,19,24-25,29,31H,14-18H2,1H3. The van der Waals surface area contributed by atoms with Crippen molar-refractivity contribution in [1.82, 2.24) is 4.90 Å². The minimum absolute atomic E-state index is 0.00821. The summed E-state index contributed by atoms with van der Waals surface area (Å²) in [6.45, 7) is 3.15. The molecule has 0 aromatic heterocycles. The fraction of sp³-hybridized carbons (Fsp3) is 0.321. The molecule has 5 rings (SSSR count). The number of carbonyl (C=O) groups is 1. The molecular weight excluding hydrogens is 460 g/mol. The zero-order valence-corrected chi connectivity index (χ0v) is 20.5. The van der Waals surface area contributed by atoms with E-state index in [1.807, 2.05) is 4.90 Å². The van der Waals surface area contributed by atoms with E-state index in [2.05, 4.69) is 29.0 Å². The molecule has 0 spiro atoms. The zero-order valence-electron chi connectivity index (χ0n) is 19.7. The molecule has 35 heavy (non-hydrogen) atoms. The van der Waals surface area contributed by atoms with Crippen molar-refractivity contribution in [2.45, 2.75) is 37.2 Å². The summed E-state index contributed by atoms with van der Waals surface area (Å²) in [7, 11) is -3.77. The Morgan fingerprint density at radius 3 is 2.17 bits per heavy atom. The van der Waals surface area contributed by atoms with Gasteiger partial charge in [0.1, 0.15) is 0 Å². The summed E-state index contributed by atoms with van der Waals surface area (Å²) in [6, 6.07) is 21.3. The molecule has 1 saturated heterocycles. The number of sulfonamides is 1. The number of aliphatic hydroxyl groups excluding tert-OH is 1. The summed E-state index contributed by atoms with van der Waals surface area (Å²) in [5.74, 6) is 1.10. The topological polar surface area (TPSA) is 86.7 Å². The molecular formula is C28H30N2O4S. The highest BCUT2D eigenvalue weighted by atomic mass is 32.2. The number of hydrogen-bond donors (Lipinski definition) is 2.